The van der Waals surface area contributed by atoms with E-state index < -0.39 is 0 Å². The number of carbonyl (C=O) groups is 2. The molecule has 0 spiro atoms. The lowest BCUT2D eigenvalue weighted by atomic mass is 9.72. The Morgan fingerprint density at radius 1 is 1.41 bits per heavy atom. The van der Waals surface area contributed by atoms with Gasteiger partial charge < -0.3 is 9.84 Å². The van der Waals surface area contributed by atoms with Gasteiger partial charge in [0.05, 0.1) is 18.2 Å². The van der Waals surface area contributed by atoms with Gasteiger partial charge >= 0.3 is 5.97 Å². The van der Waals surface area contributed by atoms with Crippen LogP contribution in [-0.2, 0) is 20.9 Å². The maximum absolute atomic E-state index is 12.4. The van der Waals surface area contributed by atoms with Gasteiger partial charge in [0.15, 0.2) is 4.96 Å². The topological polar surface area (TPSA) is 101 Å². The lowest BCUT2D eigenvalue weighted by Gasteiger charge is -2.32. The SMILES string of the molecule is CCOC(=O)[C@H]1[C@@H]2CN(Cc3cc(=O)n4ccsc4n3)C[C@@H]2C=C[C@@H]1C.O=CO. The van der Waals surface area contributed by atoms with E-state index in [-0.39, 0.29) is 35.8 Å². The second-order valence-corrected chi connectivity index (χ2v) is 8.16. The van der Waals surface area contributed by atoms with Crippen LogP contribution in [0.25, 0.3) is 4.96 Å². The number of aromatic nitrogens is 2. The number of carboxylic acid groups (broad SMARTS) is 1. The van der Waals surface area contributed by atoms with E-state index in [1.54, 1.807) is 16.7 Å². The van der Waals surface area contributed by atoms with Crippen molar-refractivity contribution in [2.24, 2.45) is 23.7 Å². The molecule has 4 atom stereocenters. The predicted molar refractivity (Wildman–Crippen MR) is 109 cm³/mol. The van der Waals surface area contributed by atoms with Crippen molar-refractivity contribution in [1.29, 1.82) is 0 Å². The van der Waals surface area contributed by atoms with Crippen LogP contribution >= 0.6 is 11.3 Å². The number of likely N-dealkylation sites (tertiary alicyclic amines) is 1. The zero-order valence-corrected chi connectivity index (χ0v) is 17.2. The molecule has 1 N–H and O–H groups in total. The molecular formula is C20H25N3O5S. The molecule has 8 nitrogen and oxygen atoms in total. The lowest BCUT2D eigenvalue weighted by molar-refractivity contribution is -0.152. The molecule has 29 heavy (non-hydrogen) atoms. The number of ether oxygens (including phenoxy) is 1. The molecule has 2 aromatic heterocycles. The van der Waals surface area contributed by atoms with E-state index in [1.807, 2.05) is 12.3 Å². The molecule has 2 aromatic rings. The average Bonchev–Trinajstić information content (AvgIpc) is 3.29. The van der Waals surface area contributed by atoms with Gasteiger partial charge in [-0.1, -0.05) is 19.1 Å². The van der Waals surface area contributed by atoms with E-state index >= 15 is 0 Å². The third-order valence-electron chi connectivity index (χ3n) is 5.48. The Labute approximate surface area is 172 Å². The summed E-state index contributed by atoms with van der Waals surface area (Å²) in [6, 6.07) is 1.61. The van der Waals surface area contributed by atoms with Crippen LogP contribution < -0.4 is 5.56 Å². The van der Waals surface area contributed by atoms with Crippen molar-refractivity contribution < 1.29 is 19.4 Å². The molecule has 0 aromatic carbocycles. The molecule has 1 fully saturated rings. The van der Waals surface area contributed by atoms with Crippen LogP contribution in [0.1, 0.15) is 19.5 Å². The fraction of sp³-hybridized carbons (Fsp3) is 0.500. The number of allylic oxidation sites excluding steroid dienone is 1. The summed E-state index contributed by atoms with van der Waals surface area (Å²) >= 11 is 1.46. The van der Waals surface area contributed by atoms with Crippen molar-refractivity contribution >= 4 is 28.7 Å². The van der Waals surface area contributed by atoms with Gasteiger partial charge in [-0.05, 0) is 24.7 Å². The van der Waals surface area contributed by atoms with Crippen molar-refractivity contribution in [3.63, 3.8) is 0 Å². The Kier molecular flexibility index (Phi) is 6.81. The number of esters is 1. The molecule has 1 aliphatic carbocycles. The largest absolute Gasteiger partial charge is 0.483 e. The molecule has 4 rings (SSSR count). The third-order valence-corrected chi connectivity index (χ3v) is 6.23. The average molecular weight is 420 g/mol. The van der Waals surface area contributed by atoms with Gasteiger partial charge in [-0.3, -0.25) is 23.7 Å². The van der Waals surface area contributed by atoms with E-state index in [0.717, 1.165) is 23.7 Å². The standard InChI is InChI=1S/C19H23N3O3S.CH2O2/c1-3-25-18(24)17-12(2)4-5-13-9-21(11-15(13)17)10-14-8-16(23)22-6-7-26-19(22)20-14;2-1-3/h4-8,12-13,15,17H,3,9-11H2,1-2H3;1H,(H,2,3)/t12-,13-,15+,17+;/m0./s1. The Morgan fingerprint density at radius 2 is 2.17 bits per heavy atom. The van der Waals surface area contributed by atoms with Crippen molar-refractivity contribution in [1.82, 2.24) is 14.3 Å². The monoisotopic (exact) mass is 419 g/mol. The van der Waals surface area contributed by atoms with Crippen molar-refractivity contribution in [3.8, 4) is 0 Å². The molecule has 156 valence electrons. The van der Waals surface area contributed by atoms with Gasteiger partial charge in [0.25, 0.3) is 12.0 Å². The van der Waals surface area contributed by atoms with Crippen molar-refractivity contribution in [3.05, 3.63) is 45.8 Å². The van der Waals surface area contributed by atoms with Crippen LogP contribution in [0.3, 0.4) is 0 Å². The molecule has 0 bridgehead atoms. The molecule has 0 unspecified atom stereocenters. The van der Waals surface area contributed by atoms with Crippen LogP contribution in [0.5, 0.6) is 0 Å². The van der Waals surface area contributed by atoms with Gasteiger partial charge in [-0.2, -0.15) is 0 Å². The highest BCUT2D eigenvalue weighted by atomic mass is 32.1. The maximum atomic E-state index is 12.4. The Hall–Kier alpha value is -2.52. The highest BCUT2D eigenvalue weighted by Crippen LogP contribution is 2.40. The minimum Gasteiger partial charge on any atom is -0.483 e. The zero-order valence-electron chi connectivity index (χ0n) is 16.4. The number of rotatable bonds is 4. The maximum Gasteiger partial charge on any atom is 0.309 e. The molecule has 0 amide bonds. The summed E-state index contributed by atoms with van der Waals surface area (Å²) in [5, 5.41) is 8.76. The summed E-state index contributed by atoms with van der Waals surface area (Å²) in [5.74, 6) is 0.638. The first kappa shape index (κ1) is 21.2. The molecule has 1 saturated heterocycles. The van der Waals surface area contributed by atoms with E-state index in [2.05, 4.69) is 29.0 Å². The van der Waals surface area contributed by atoms with Crippen LogP contribution in [-0.4, -0.2) is 51.5 Å². The molecule has 0 radical (unpaired) electrons. The molecular weight excluding hydrogens is 394 g/mol. The van der Waals surface area contributed by atoms with E-state index in [0.29, 0.717) is 19.1 Å². The summed E-state index contributed by atoms with van der Waals surface area (Å²) < 4.78 is 6.89. The summed E-state index contributed by atoms with van der Waals surface area (Å²) in [4.78, 5) is 40.6. The second-order valence-electron chi connectivity index (χ2n) is 7.29. The Bertz CT molecular complexity index is 953. The Balaban J connectivity index is 0.000000755. The minimum absolute atomic E-state index is 0.0409. The van der Waals surface area contributed by atoms with Crippen molar-refractivity contribution in [2.45, 2.75) is 20.4 Å². The zero-order chi connectivity index (χ0) is 21.0. The smallest absolute Gasteiger partial charge is 0.309 e. The highest BCUT2D eigenvalue weighted by molar-refractivity contribution is 7.15. The highest BCUT2D eigenvalue weighted by Gasteiger charge is 2.44. The quantitative estimate of drug-likeness (QED) is 0.459. The van der Waals surface area contributed by atoms with Crippen LogP contribution in [0.2, 0.25) is 0 Å². The minimum atomic E-state index is -0.250. The first-order valence-electron chi connectivity index (χ1n) is 9.59. The summed E-state index contributed by atoms with van der Waals surface area (Å²) in [7, 11) is 0. The summed E-state index contributed by atoms with van der Waals surface area (Å²) in [6.07, 6.45) is 6.14. The number of nitrogens with zero attached hydrogens (tertiary/aromatic N) is 3. The van der Waals surface area contributed by atoms with Crippen LogP contribution in [0, 0.1) is 23.7 Å². The fourth-order valence-electron chi connectivity index (χ4n) is 4.31. The van der Waals surface area contributed by atoms with E-state index in [9.17, 15) is 9.59 Å². The first-order chi connectivity index (χ1) is 14.0. The first-order valence-corrected chi connectivity index (χ1v) is 10.5. The predicted octanol–water partition coefficient (Wildman–Crippen LogP) is 1.89. The molecule has 0 saturated carbocycles. The van der Waals surface area contributed by atoms with Gasteiger partial charge in [0.2, 0.25) is 0 Å². The van der Waals surface area contributed by atoms with Crippen molar-refractivity contribution in [2.75, 3.05) is 19.7 Å². The van der Waals surface area contributed by atoms with Gasteiger partial charge in [0.1, 0.15) is 0 Å². The number of hydrogen-bond donors (Lipinski definition) is 1. The van der Waals surface area contributed by atoms with E-state index in [1.165, 1.54) is 11.3 Å². The second kappa shape index (κ2) is 9.32. The number of thiazole rings is 1. The van der Waals surface area contributed by atoms with Crippen LogP contribution in [0.15, 0.2) is 34.6 Å². The van der Waals surface area contributed by atoms with E-state index in [4.69, 9.17) is 14.6 Å². The van der Waals surface area contributed by atoms with Gasteiger partial charge in [-0.15, -0.1) is 11.3 Å². The number of fused-ring (bicyclic) bond motifs is 2. The van der Waals surface area contributed by atoms with Crippen LogP contribution in [0.4, 0.5) is 0 Å². The van der Waals surface area contributed by atoms with Gasteiger partial charge in [0, 0.05) is 37.3 Å². The number of carbonyl (C=O) groups excluding carboxylic acids is 1. The summed E-state index contributed by atoms with van der Waals surface area (Å²) in [5.41, 5.74) is 0.751. The molecule has 3 heterocycles. The van der Waals surface area contributed by atoms with Gasteiger partial charge in [-0.25, -0.2) is 4.98 Å². The third kappa shape index (κ3) is 4.56. The fourth-order valence-corrected chi connectivity index (χ4v) is 5.05. The normalized spacial score (nSPS) is 25.9. The Morgan fingerprint density at radius 3 is 2.90 bits per heavy atom. The molecule has 2 aliphatic rings. The molecule has 1 aliphatic heterocycles. The number of hydrogen-bond acceptors (Lipinski definition) is 7. The summed E-state index contributed by atoms with van der Waals surface area (Å²) in [6.45, 7) is 6.45. The lowest BCUT2D eigenvalue weighted by Crippen LogP contribution is -2.37. The molecule has 9 heteroatoms.